The number of β-amino-alcohol motifs (C(OH)–C–C–N with tert-alkyl or cyclic N) is 1. The Labute approximate surface area is 206 Å². The van der Waals surface area contributed by atoms with E-state index in [0.717, 1.165) is 51.6 Å². The smallest absolute Gasteiger partial charge is 0.322 e. The molecule has 35 heavy (non-hydrogen) atoms. The summed E-state index contributed by atoms with van der Waals surface area (Å²) in [6.07, 6.45) is 5.34. The maximum Gasteiger partial charge on any atom is 0.322 e. The van der Waals surface area contributed by atoms with Crippen LogP contribution >= 0.6 is 0 Å². The van der Waals surface area contributed by atoms with Crippen molar-refractivity contribution in [1.82, 2.24) is 9.80 Å². The van der Waals surface area contributed by atoms with Crippen LogP contribution in [0.4, 0.5) is 14.9 Å². The quantitative estimate of drug-likeness (QED) is 0.617. The van der Waals surface area contributed by atoms with E-state index in [2.05, 4.69) is 22.4 Å². The Kier molecular flexibility index (Phi) is 6.77. The molecule has 3 aliphatic rings. The normalized spacial score (nSPS) is 27.6. The van der Waals surface area contributed by atoms with Gasteiger partial charge in [0.25, 0.3) is 0 Å². The summed E-state index contributed by atoms with van der Waals surface area (Å²) in [5.74, 6) is 0.135. The first kappa shape index (κ1) is 23.8. The van der Waals surface area contributed by atoms with Crippen molar-refractivity contribution in [1.29, 1.82) is 5.26 Å². The van der Waals surface area contributed by atoms with Crippen molar-refractivity contribution < 1.29 is 14.3 Å². The Morgan fingerprint density at radius 3 is 2.86 bits per heavy atom. The Balaban J connectivity index is 1.26. The number of hydrogen-bond donors (Lipinski definition) is 2. The second kappa shape index (κ2) is 9.96. The molecule has 1 aliphatic heterocycles. The first-order chi connectivity index (χ1) is 17.0. The fraction of sp³-hybridized carbons (Fsp3) is 0.500. The van der Waals surface area contributed by atoms with E-state index in [9.17, 15) is 19.6 Å². The summed E-state index contributed by atoms with van der Waals surface area (Å²) in [6.45, 7) is 3.07. The molecule has 0 bridgehead atoms. The van der Waals surface area contributed by atoms with Gasteiger partial charge in [-0.05, 0) is 92.3 Å². The summed E-state index contributed by atoms with van der Waals surface area (Å²) in [5, 5.41) is 22.0. The Hall–Kier alpha value is -2.95. The van der Waals surface area contributed by atoms with Crippen LogP contribution in [-0.4, -0.2) is 59.3 Å². The van der Waals surface area contributed by atoms with Gasteiger partial charge in [0.05, 0.1) is 17.7 Å². The van der Waals surface area contributed by atoms with Crippen LogP contribution in [0.15, 0.2) is 48.5 Å². The highest BCUT2D eigenvalue weighted by Crippen LogP contribution is 2.62. The van der Waals surface area contributed by atoms with Gasteiger partial charge in [-0.2, -0.15) is 5.26 Å². The number of fused-ring (bicyclic) bond motifs is 1. The predicted molar refractivity (Wildman–Crippen MR) is 132 cm³/mol. The average Bonchev–Trinajstić information content (AvgIpc) is 3.46. The van der Waals surface area contributed by atoms with Gasteiger partial charge in [-0.15, -0.1) is 0 Å². The van der Waals surface area contributed by atoms with Gasteiger partial charge in [0.1, 0.15) is 5.82 Å². The molecule has 0 spiro atoms. The first-order valence-corrected chi connectivity index (χ1v) is 12.7. The predicted octanol–water partition coefficient (Wildman–Crippen LogP) is 4.50. The van der Waals surface area contributed by atoms with Crippen LogP contribution in [0.25, 0.3) is 0 Å². The highest BCUT2D eigenvalue weighted by molar-refractivity contribution is 5.89. The first-order valence-electron chi connectivity index (χ1n) is 12.7. The molecule has 0 radical (unpaired) electrons. The Morgan fingerprint density at radius 2 is 2.11 bits per heavy atom. The van der Waals surface area contributed by atoms with Gasteiger partial charge < -0.3 is 20.2 Å². The van der Waals surface area contributed by atoms with Crippen molar-refractivity contribution >= 4 is 11.7 Å². The zero-order chi connectivity index (χ0) is 24.4. The van der Waals surface area contributed by atoms with Gasteiger partial charge in [0.15, 0.2) is 0 Å². The van der Waals surface area contributed by atoms with Gasteiger partial charge in [-0.25, -0.2) is 9.18 Å². The van der Waals surface area contributed by atoms with Gasteiger partial charge in [0, 0.05) is 31.4 Å². The van der Waals surface area contributed by atoms with E-state index in [0.29, 0.717) is 30.3 Å². The lowest BCUT2D eigenvalue weighted by Crippen LogP contribution is -2.46. The lowest BCUT2D eigenvalue weighted by molar-refractivity contribution is 0.151. The van der Waals surface area contributed by atoms with Crippen molar-refractivity contribution in [3.8, 4) is 6.07 Å². The largest absolute Gasteiger partial charge is 0.392 e. The minimum Gasteiger partial charge on any atom is -0.392 e. The van der Waals surface area contributed by atoms with Crippen LogP contribution in [0.3, 0.4) is 0 Å². The molecule has 2 aromatic carbocycles. The van der Waals surface area contributed by atoms with Gasteiger partial charge in [-0.1, -0.05) is 18.2 Å². The number of nitrogens with zero attached hydrogens (tertiary/aromatic N) is 3. The molecule has 1 saturated heterocycles. The molecule has 7 heteroatoms. The maximum atomic E-state index is 13.7. The van der Waals surface area contributed by atoms with Crippen molar-refractivity contribution in [2.45, 2.75) is 56.1 Å². The van der Waals surface area contributed by atoms with E-state index in [4.69, 9.17) is 0 Å². The Morgan fingerprint density at radius 1 is 1.26 bits per heavy atom. The summed E-state index contributed by atoms with van der Waals surface area (Å²) >= 11 is 0. The number of urea groups is 1. The molecule has 0 aromatic heterocycles. The molecule has 184 valence electrons. The molecule has 3 fully saturated rings. The van der Waals surface area contributed by atoms with Gasteiger partial charge in [0.2, 0.25) is 0 Å². The fourth-order valence-electron chi connectivity index (χ4n) is 6.24. The number of rotatable bonds is 7. The minimum atomic E-state index is -0.373. The van der Waals surface area contributed by atoms with Gasteiger partial charge >= 0.3 is 6.03 Å². The third-order valence-corrected chi connectivity index (χ3v) is 8.18. The van der Waals surface area contributed by atoms with Crippen LogP contribution in [0.5, 0.6) is 0 Å². The second-order valence-corrected chi connectivity index (χ2v) is 10.4. The van der Waals surface area contributed by atoms with E-state index >= 15 is 0 Å². The van der Waals surface area contributed by atoms with Crippen molar-refractivity contribution in [2.24, 2.45) is 5.92 Å². The van der Waals surface area contributed by atoms with E-state index < -0.39 is 0 Å². The highest BCUT2D eigenvalue weighted by Gasteiger charge is 2.58. The van der Waals surface area contributed by atoms with E-state index in [-0.39, 0.29) is 29.4 Å². The van der Waals surface area contributed by atoms with Crippen molar-refractivity contribution in [3.05, 3.63) is 65.5 Å². The number of aliphatic hydroxyl groups is 1. The molecule has 2 aliphatic carbocycles. The number of halogens is 1. The molecule has 1 unspecified atom stereocenters. The summed E-state index contributed by atoms with van der Waals surface area (Å²) in [5.41, 5.74) is 2.56. The standard InChI is InChI=1S/C28H33FN4O2/c29-23-6-2-7-24(16-23)31-27(35)33(12-3-11-32-13-9-26(34)19-32)25-8-10-28(17-22(28)15-25)21-5-1-4-20(14-21)18-30/h1-2,4-7,14,16,22,25-26,34H,3,8-13,15,17,19H2,(H,31,35)/t22?,25-,26+,28-/m1/s1. The number of carbonyl (C=O) groups excluding carboxylic acids is 1. The maximum absolute atomic E-state index is 13.7. The molecule has 2 aromatic rings. The number of aliphatic hydroxyl groups excluding tert-OH is 1. The monoisotopic (exact) mass is 476 g/mol. The molecule has 5 rings (SSSR count). The fourth-order valence-corrected chi connectivity index (χ4v) is 6.24. The summed E-state index contributed by atoms with van der Waals surface area (Å²) in [4.78, 5) is 17.6. The molecule has 6 nitrogen and oxygen atoms in total. The topological polar surface area (TPSA) is 79.6 Å². The molecule has 1 heterocycles. The molecule has 2 N–H and O–H groups in total. The molecular weight excluding hydrogens is 443 g/mol. The number of likely N-dealkylation sites (tertiary alicyclic amines) is 1. The summed E-state index contributed by atoms with van der Waals surface area (Å²) < 4.78 is 13.7. The second-order valence-electron chi connectivity index (χ2n) is 10.4. The highest BCUT2D eigenvalue weighted by atomic mass is 19.1. The van der Waals surface area contributed by atoms with Crippen LogP contribution < -0.4 is 5.32 Å². The van der Waals surface area contributed by atoms with Crippen LogP contribution in [0.2, 0.25) is 0 Å². The third kappa shape index (κ3) is 5.19. The molecular formula is C28H33FN4O2. The van der Waals surface area contributed by atoms with Crippen LogP contribution in [0.1, 0.15) is 49.7 Å². The molecule has 2 amide bonds. The zero-order valence-corrected chi connectivity index (χ0v) is 20.0. The van der Waals surface area contributed by atoms with Gasteiger partial charge in [-0.3, -0.25) is 0 Å². The zero-order valence-electron chi connectivity index (χ0n) is 20.0. The summed E-state index contributed by atoms with van der Waals surface area (Å²) in [6, 6.07) is 16.2. The summed E-state index contributed by atoms with van der Waals surface area (Å²) in [7, 11) is 0. The number of carbonyl (C=O) groups is 1. The van der Waals surface area contributed by atoms with Crippen LogP contribution in [0, 0.1) is 23.1 Å². The molecule has 2 saturated carbocycles. The van der Waals surface area contributed by atoms with Crippen molar-refractivity contribution in [2.75, 3.05) is 31.5 Å². The molecule has 4 atom stereocenters. The number of benzene rings is 2. The number of nitrogens with one attached hydrogen (secondary N) is 1. The van der Waals surface area contributed by atoms with Crippen LogP contribution in [-0.2, 0) is 5.41 Å². The van der Waals surface area contributed by atoms with E-state index in [1.807, 2.05) is 23.1 Å². The average molecular weight is 477 g/mol. The lowest BCUT2D eigenvalue weighted by Gasteiger charge is -2.37. The van der Waals surface area contributed by atoms with E-state index in [1.165, 1.54) is 17.7 Å². The number of hydrogen-bond acceptors (Lipinski definition) is 4. The number of amides is 2. The third-order valence-electron chi connectivity index (χ3n) is 8.18. The minimum absolute atomic E-state index is 0.132. The SMILES string of the molecule is N#Cc1cccc([C@]23CC[C@@H](N(CCCN4CC[C@H](O)C4)C(=O)Nc4cccc(F)c4)CC2C3)c1. The number of nitriles is 1. The van der Waals surface area contributed by atoms with E-state index in [1.54, 1.807) is 12.1 Å². The van der Waals surface area contributed by atoms with Crippen molar-refractivity contribution in [3.63, 3.8) is 0 Å². The Bertz CT molecular complexity index is 1120. The number of anilines is 1. The lowest BCUT2D eigenvalue weighted by atomic mass is 9.80.